The van der Waals surface area contributed by atoms with E-state index in [1.807, 2.05) is 0 Å². The Balaban J connectivity index is 1.65. The molecule has 0 heterocycles. The van der Waals surface area contributed by atoms with Crippen molar-refractivity contribution in [1.82, 2.24) is 0 Å². The van der Waals surface area contributed by atoms with Crippen LogP contribution in [0.4, 0.5) is 0 Å². The molecule has 0 nitrogen and oxygen atoms in total. The smallest absolute Gasteiger partial charge is 0.0181 e. The predicted molar refractivity (Wildman–Crippen MR) is 94.8 cm³/mol. The number of aryl methyl sites for hydroxylation is 1. The molecule has 2 aromatic rings. The topological polar surface area (TPSA) is 0 Å². The molecule has 2 rings (SSSR count). The van der Waals surface area contributed by atoms with Gasteiger partial charge in [-0.2, -0.15) is 0 Å². The first-order valence-corrected chi connectivity index (χ1v) is 8.53. The van der Waals surface area contributed by atoms with Crippen LogP contribution in [0.2, 0.25) is 0 Å². The molecule has 21 heavy (non-hydrogen) atoms. The molecule has 0 amide bonds. The van der Waals surface area contributed by atoms with Crippen LogP contribution in [0.5, 0.6) is 0 Å². The lowest BCUT2D eigenvalue weighted by atomic mass is 10.0. The van der Waals surface area contributed by atoms with Gasteiger partial charge in [0, 0.05) is 0 Å². The number of hydrogen-bond acceptors (Lipinski definition) is 0. The third kappa shape index (κ3) is 5.75. The van der Waals surface area contributed by atoms with E-state index in [0.717, 1.165) is 0 Å². The van der Waals surface area contributed by atoms with Crippen molar-refractivity contribution in [2.24, 2.45) is 0 Å². The number of hydrogen-bond donors (Lipinski definition) is 0. The van der Waals surface area contributed by atoms with E-state index < -0.39 is 0 Å². The Bertz CT molecular complexity index is 551. The van der Waals surface area contributed by atoms with E-state index >= 15 is 0 Å². The molecule has 0 fully saturated rings. The standard InChI is InChI=1S/C21H28/c1-2-3-4-5-6-7-8-9-10-13-19-16-17-20-14-11-12-15-21(20)18-19/h5-6,11-12,14-18H,2-4,7-10,13H2,1H3/b6-5+. The van der Waals surface area contributed by atoms with E-state index in [0.29, 0.717) is 0 Å². The van der Waals surface area contributed by atoms with Gasteiger partial charge in [-0.15, -0.1) is 0 Å². The van der Waals surface area contributed by atoms with Gasteiger partial charge in [0.2, 0.25) is 0 Å². The highest BCUT2D eigenvalue weighted by Gasteiger charge is 1.96. The molecule has 0 spiro atoms. The first-order chi connectivity index (χ1) is 10.4. The fourth-order valence-electron chi connectivity index (χ4n) is 2.72. The molecule has 0 N–H and O–H groups in total. The van der Waals surface area contributed by atoms with Crippen LogP contribution in [-0.2, 0) is 6.42 Å². The normalized spacial score (nSPS) is 11.5. The zero-order valence-electron chi connectivity index (χ0n) is 13.4. The molecule has 0 radical (unpaired) electrons. The second-order valence-electron chi connectivity index (χ2n) is 5.89. The van der Waals surface area contributed by atoms with Gasteiger partial charge in [0.1, 0.15) is 0 Å². The van der Waals surface area contributed by atoms with Crippen LogP contribution < -0.4 is 0 Å². The average molecular weight is 280 g/mol. The Labute approximate surface area is 129 Å². The largest absolute Gasteiger partial charge is 0.0885 e. The van der Waals surface area contributed by atoms with Gasteiger partial charge in [-0.3, -0.25) is 0 Å². The molecule has 0 atom stereocenters. The summed E-state index contributed by atoms with van der Waals surface area (Å²) in [4.78, 5) is 0. The van der Waals surface area contributed by atoms with Gasteiger partial charge >= 0.3 is 0 Å². The fourth-order valence-corrected chi connectivity index (χ4v) is 2.72. The van der Waals surface area contributed by atoms with Crippen LogP contribution in [-0.4, -0.2) is 0 Å². The second-order valence-corrected chi connectivity index (χ2v) is 5.89. The molecule has 0 unspecified atom stereocenters. The van der Waals surface area contributed by atoms with Crippen molar-refractivity contribution < 1.29 is 0 Å². The molecule has 0 aliphatic heterocycles. The lowest BCUT2D eigenvalue weighted by Gasteiger charge is -2.03. The SMILES string of the molecule is CCCC/C=C/CCCCCc1ccc2ccccc2c1. The molecule has 0 saturated carbocycles. The number of allylic oxidation sites excluding steroid dienone is 2. The molecule has 2 aromatic carbocycles. The van der Waals surface area contributed by atoms with E-state index in [2.05, 4.69) is 61.5 Å². The van der Waals surface area contributed by atoms with Gasteiger partial charge < -0.3 is 0 Å². The zero-order valence-corrected chi connectivity index (χ0v) is 13.4. The second kappa shape index (κ2) is 9.39. The van der Waals surface area contributed by atoms with Gasteiger partial charge in [0.05, 0.1) is 0 Å². The highest BCUT2D eigenvalue weighted by atomic mass is 14.0. The van der Waals surface area contributed by atoms with Crippen LogP contribution >= 0.6 is 0 Å². The molecule has 0 bridgehead atoms. The van der Waals surface area contributed by atoms with Gasteiger partial charge in [-0.05, 0) is 48.4 Å². The van der Waals surface area contributed by atoms with E-state index in [1.54, 1.807) is 0 Å². The van der Waals surface area contributed by atoms with Gasteiger partial charge in [0.25, 0.3) is 0 Å². The summed E-state index contributed by atoms with van der Waals surface area (Å²) in [6.07, 6.45) is 15.1. The van der Waals surface area contributed by atoms with Gasteiger partial charge in [0.15, 0.2) is 0 Å². The molecule has 112 valence electrons. The van der Waals surface area contributed by atoms with Crippen molar-refractivity contribution in [2.75, 3.05) is 0 Å². The summed E-state index contributed by atoms with van der Waals surface area (Å²) in [5, 5.41) is 2.72. The minimum absolute atomic E-state index is 1.21. The highest BCUT2D eigenvalue weighted by Crippen LogP contribution is 2.17. The third-order valence-corrected chi connectivity index (χ3v) is 4.04. The van der Waals surface area contributed by atoms with Gasteiger partial charge in [-0.1, -0.05) is 80.8 Å². The van der Waals surface area contributed by atoms with E-state index in [9.17, 15) is 0 Å². The summed E-state index contributed by atoms with van der Waals surface area (Å²) in [5.74, 6) is 0. The molecular weight excluding hydrogens is 252 g/mol. The number of benzene rings is 2. The summed E-state index contributed by atoms with van der Waals surface area (Å²) in [6, 6.07) is 15.5. The highest BCUT2D eigenvalue weighted by molar-refractivity contribution is 5.82. The Morgan fingerprint density at radius 1 is 0.762 bits per heavy atom. The summed E-state index contributed by atoms with van der Waals surface area (Å²) in [6.45, 7) is 2.25. The summed E-state index contributed by atoms with van der Waals surface area (Å²) >= 11 is 0. The van der Waals surface area contributed by atoms with Crippen LogP contribution in [0.1, 0.15) is 57.4 Å². The molecule has 0 aliphatic carbocycles. The number of fused-ring (bicyclic) bond motifs is 1. The Morgan fingerprint density at radius 2 is 1.52 bits per heavy atom. The fraction of sp³-hybridized carbons (Fsp3) is 0.429. The van der Waals surface area contributed by atoms with E-state index in [-0.39, 0.29) is 0 Å². The first kappa shape index (κ1) is 15.8. The van der Waals surface area contributed by atoms with Crippen LogP contribution in [0, 0.1) is 0 Å². The van der Waals surface area contributed by atoms with Crippen molar-refractivity contribution in [3.05, 3.63) is 60.2 Å². The Morgan fingerprint density at radius 3 is 2.33 bits per heavy atom. The van der Waals surface area contributed by atoms with Crippen LogP contribution in [0.25, 0.3) is 10.8 Å². The number of unbranched alkanes of at least 4 members (excludes halogenated alkanes) is 5. The summed E-state index contributed by atoms with van der Waals surface area (Å²) in [7, 11) is 0. The number of rotatable bonds is 9. The third-order valence-electron chi connectivity index (χ3n) is 4.04. The van der Waals surface area contributed by atoms with Crippen molar-refractivity contribution >= 4 is 10.8 Å². The summed E-state index contributed by atoms with van der Waals surface area (Å²) in [5.41, 5.74) is 1.48. The minimum Gasteiger partial charge on any atom is -0.0885 e. The zero-order chi connectivity index (χ0) is 14.8. The molecule has 0 heteroatoms. The average Bonchev–Trinajstić information content (AvgIpc) is 2.53. The van der Waals surface area contributed by atoms with Crippen molar-refractivity contribution in [1.29, 1.82) is 0 Å². The quantitative estimate of drug-likeness (QED) is 0.354. The lowest BCUT2D eigenvalue weighted by molar-refractivity contribution is 0.685. The predicted octanol–water partition coefficient (Wildman–Crippen LogP) is 6.69. The maximum absolute atomic E-state index is 2.37. The van der Waals surface area contributed by atoms with Crippen LogP contribution in [0.3, 0.4) is 0 Å². The van der Waals surface area contributed by atoms with E-state index in [1.165, 1.54) is 67.7 Å². The molecule has 0 aliphatic rings. The van der Waals surface area contributed by atoms with E-state index in [4.69, 9.17) is 0 Å². The van der Waals surface area contributed by atoms with Crippen molar-refractivity contribution in [3.63, 3.8) is 0 Å². The van der Waals surface area contributed by atoms with Crippen molar-refractivity contribution in [3.8, 4) is 0 Å². The van der Waals surface area contributed by atoms with Gasteiger partial charge in [-0.25, -0.2) is 0 Å². The minimum atomic E-state index is 1.21. The maximum atomic E-state index is 2.37. The molecule has 0 aromatic heterocycles. The van der Waals surface area contributed by atoms with Crippen molar-refractivity contribution in [2.45, 2.75) is 58.3 Å². The van der Waals surface area contributed by atoms with Crippen LogP contribution in [0.15, 0.2) is 54.6 Å². The Hall–Kier alpha value is -1.56. The molecular formula is C21H28. The monoisotopic (exact) mass is 280 g/mol. The lowest BCUT2D eigenvalue weighted by Crippen LogP contribution is -1.86. The summed E-state index contributed by atoms with van der Waals surface area (Å²) < 4.78 is 0. The Kier molecular flexibility index (Phi) is 7.07. The maximum Gasteiger partial charge on any atom is -0.0181 e. The molecule has 0 saturated heterocycles. The first-order valence-electron chi connectivity index (χ1n) is 8.53.